The summed E-state index contributed by atoms with van der Waals surface area (Å²) in [6, 6.07) is 11.2. The van der Waals surface area contributed by atoms with Crippen LogP contribution in [0.15, 0.2) is 48.8 Å². The topological polar surface area (TPSA) is 94.0 Å². The molecule has 2 heterocycles. The van der Waals surface area contributed by atoms with Crippen molar-refractivity contribution in [2.45, 2.75) is 12.8 Å². The number of hydrogen-bond donors (Lipinski definition) is 2. The number of carbonyl (C=O) groups is 2. The summed E-state index contributed by atoms with van der Waals surface area (Å²) in [5.74, 6) is -0.0263. The maximum atomic E-state index is 12.1. The summed E-state index contributed by atoms with van der Waals surface area (Å²) in [7, 11) is 1.58. The summed E-state index contributed by atoms with van der Waals surface area (Å²) in [6.07, 6.45) is 5.56. The minimum Gasteiger partial charge on any atom is -0.382 e. The van der Waals surface area contributed by atoms with Crippen molar-refractivity contribution in [3.05, 3.63) is 48.8 Å². The molecule has 1 aliphatic rings. The van der Waals surface area contributed by atoms with E-state index in [-0.39, 0.29) is 24.3 Å². The number of aromatic nitrogens is 2. The maximum Gasteiger partial charge on any atom is 0.250 e. The Balaban J connectivity index is 1.49. The Labute approximate surface area is 174 Å². The van der Waals surface area contributed by atoms with Crippen LogP contribution in [0.25, 0.3) is 16.9 Å². The van der Waals surface area contributed by atoms with E-state index in [0.717, 1.165) is 35.4 Å². The summed E-state index contributed by atoms with van der Waals surface area (Å²) in [4.78, 5) is 28.6. The van der Waals surface area contributed by atoms with Crippen LogP contribution in [0.4, 0.5) is 11.4 Å². The van der Waals surface area contributed by atoms with E-state index < -0.39 is 0 Å². The van der Waals surface area contributed by atoms with Gasteiger partial charge in [0.2, 0.25) is 11.8 Å². The first-order valence-electron chi connectivity index (χ1n) is 9.89. The highest BCUT2D eigenvalue weighted by molar-refractivity contribution is 5.94. The third kappa shape index (κ3) is 4.84. The molecule has 0 aliphatic heterocycles. The zero-order valence-electron chi connectivity index (χ0n) is 16.8. The van der Waals surface area contributed by atoms with Crippen LogP contribution < -0.4 is 10.6 Å². The number of nitrogens with one attached hydrogen (secondary N) is 2. The van der Waals surface area contributed by atoms with Crippen molar-refractivity contribution in [3.63, 3.8) is 0 Å². The van der Waals surface area contributed by atoms with Crippen molar-refractivity contribution in [3.8, 4) is 11.3 Å². The standard InChI is InChI=1S/C22H24N4O4/c1-29-9-10-30-14-21(27)24-17-4-2-3-16(11-17)19-12-23-20-8-7-18(13-26(19)20)25-22(28)15-5-6-15/h2-4,7-8,11-13,15H,5-6,9-10,14H2,1H3,(H,24,27)(H,25,28). The van der Waals surface area contributed by atoms with Crippen LogP contribution >= 0.6 is 0 Å². The predicted octanol–water partition coefficient (Wildman–Crippen LogP) is 2.95. The van der Waals surface area contributed by atoms with Gasteiger partial charge in [0.15, 0.2) is 0 Å². The molecule has 30 heavy (non-hydrogen) atoms. The smallest absolute Gasteiger partial charge is 0.250 e. The molecule has 8 heteroatoms. The molecule has 0 saturated heterocycles. The van der Waals surface area contributed by atoms with E-state index in [9.17, 15) is 9.59 Å². The Morgan fingerprint density at radius 1 is 1.13 bits per heavy atom. The molecular weight excluding hydrogens is 384 g/mol. The third-order valence-electron chi connectivity index (χ3n) is 4.83. The Bertz CT molecular complexity index is 1060. The minimum atomic E-state index is -0.230. The first-order valence-corrected chi connectivity index (χ1v) is 9.89. The third-order valence-corrected chi connectivity index (χ3v) is 4.83. The number of ether oxygens (including phenoxy) is 2. The number of rotatable bonds is 9. The van der Waals surface area contributed by atoms with Gasteiger partial charge >= 0.3 is 0 Å². The molecule has 2 amide bonds. The molecule has 1 aromatic carbocycles. The van der Waals surface area contributed by atoms with E-state index in [1.54, 1.807) is 13.3 Å². The molecule has 1 fully saturated rings. The van der Waals surface area contributed by atoms with Gasteiger partial charge in [-0.2, -0.15) is 0 Å². The summed E-state index contributed by atoms with van der Waals surface area (Å²) in [5.41, 5.74) is 3.93. The molecule has 3 aromatic rings. The lowest BCUT2D eigenvalue weighted by molar-refractivity contribution is -0.121. The number of fused-ring (bicyclic) bond motifs is 1. The van der Waals surface area contributed by atoms with Crippen LogP contribution in [0.2, 0.25) is 0 Å². The van der Waals surface area contributed by atoms with Gasteiger partial charge in [-0.05, 0) is 37.1 Å². The van der Waals surface area contributed by atoms with Crippen molar-refractivity contribution >= 4 is 28.8 Å². The quantitative estimate of drug-likeness (QED) is 0.531. The molecule has 2 N–H and O–H groups in total. The van der Waals surface area contributed by atoms with E-state index in [1.165, 1.54) is 0 Å². The van der Waals surface area contributed by atoms with E-state index in [1.807, 2.05) is 47.0 Å². The molecule has 8 nitrogen and oxygen atoms in total. The fourth-order valence-electron chi connectivity index (χ4n) is 3.12. The molecule has 0 spiro atoms. The Kier molecular flexibility index (Phi) is 6.06. The van der Waals surface area contributed by atoms with E-state index in [2.05, 4.69) is 15.6 Å². The second-order valence-electron chi connectivity index (χ2n) is 7.23. The fourth-order valence-corrected chi connectivity index (χ4v) is 3.12. The molecule has 1 saturated carbocycles. The number of carbonyl (C=O) groups excluding carboxylic acids is 2. The van der Waals surface area contributed by atoms with Crippen LogP contribution in [0.5, 0.6) is 0 Å². The van der Waals surface area contributed by atoms with E-state index in [0.29, 0.717) is 18.9 Å². The second-order valence-corrected chi connectivity index (χ2v) is 7.23. The van der Waals surface area contributed by atoms with Gasteiger partial charge in [0.05, 0.1) is 30.8 Å². The number of methoxy groups -OCH3 is 1. The van der Waals surface area contributed by atoms with Crippen molar-refractivity contribution < 1.29 is 19.1 Å². The molecule has 0 radical (unpaired) electrons. The Hall–Kier alpha value is -3.23. The maximum absolute atomic E-state index is 12.1. The number of benzene rings is 1. The largest absolute Gasteiger partial charge is 0.382 e. The number of pyridine rings is 1. The fraction of sp³-hybridized carbons (Fsp3) is 0.318. The summed E-state index contributed by atoms with van der Waals surface area (Å²) in [6.45, 7) is 0.777. The number of anilines is 2. The van der Waals surface area contributed by atoms with Crippen molar-refractivity contribution in [1.29, 1.82) is 0 Å². The van der Waals surface area contributed by atoms with Crippen molar-refractivity contribution in [1.82, 2.24) is 9.38 Å². The summed E-state index contributed by atoms with van der Waals surface area (Å²) >= 11 is 0. The highest BCUT2D eigenvalue weighted by Crippen LogP contribution is 2.30. The van der Waals surface area contributed by atoms with Gasteiger partial charge in [-0.25, -0.2) is 4.98 Å². The van der Waals surface area contributed by atoms with Crippen molar-refractivity contribution in [2.75, 3.05) is 37.6 Å². The average molecular weight is 408 g/mol. The van der Waals surface area contributed by atoms with Crippen molar-refractivity contribution in [2.24, 2.45) is 5.92 Å². The highest BCUT2D eigenvalue weighted by Gasteiger charge is 2.29. The van der Waals surface area contributed by atoms with E-state index in [4.69, 9.17) is 9.47 Å². The molecular formula is C22H24N4O4. The van der Waals surface area contributed by atoms with Gasteiger partial charge < -0.3 is 20.1 Å². The first kappa shape index (κ1) is 20.1. The van der Waals surface area contributed by atoms with Gasteiger partial charge in [-0.3, -0.25) is 14.0 Å². The molecule has 156 valence electrons. The van der Waals surface area contributed by atoms with Gasteiger partial charge in [-0.15, -0.1) is 0 Å². The van der Waals surface area contributed by atoms with Crippen LogP contribution in [-0.2, 0) is 19.1 Å². The number of hydrogen-bond acceptors (Lipinski definition) is 5. The molecule has 0 bridgehead atoms. The summed E-state index contributed by atoms with van der Waals surface area (Å²) < 4.78 is 12.1. The highest BCUT2D eigenvalue weighted by atomic mass is 16.5. The van der Waals surface area contributed by atoms with Gasteiger partial charge in [0, 0.05) is 30.5 Å². The van der Waals surface area contributed by atoms with Gasteiger partial charge in [-0.1, -0.05) is 12.1 Å². The SMILES string of the molecule is COCCOCC(=O)Nc1cccc(-c2cnc3ccc(NC(=O)C4CC4)cn23)c1. The zero-order valence-corrected chi connectivity index (χ0v) is 16.8. The van der Waals surface area contributed by atoms with E-state index >= 15 is 0 Å². The minimum absolute atomic E-state index is 0.0345. The lowest BCUT2D eigenvalue weighted by atomic mass is 10.1. The molecule has 2 aromatic heterocycles. The van der Waals surface area contributed by atoms with Gasteiger partial charge in [0.1, 0.15) is 12.3 Å². The Morgan fingerprint density at radius 3 is 2.80 bits per heavy atom. The van der Waals surface area contributed by atoms with Crippen LogP contribution in [-0.4, -0.2) is 48.1 Å². The predicted molar refractivity (Wildman–Crippen MR) is 113 cm³/mol. The first-order chi connectivity index (χ1) is 14.6. The molecule has 0 atom stereocenters. The number of amides is 2. The lowest BCUT2D eigenvalue weighted by Crippen LogP contribution is -2.19. The molecule has 1 aliphatic carbocycles. The normalized spacial score (nSPS) is 13.4. The molecule has 4 rings (SSSR count). The lowest BCUT2D eigenvalue weighted by Gasteiger charge is -2.09. The number of nitrogens with zero attached hydrogens (tertiary/aromatic N) is 2. The van der Waals surface area contributed by atoms with Gasteiger partial charge in [0.25, 0.3) is 0 Å². The van der Waals surface area contributed by atoms with Crippen LogP contribution in [0.3, 0.4) is 0 Å². The molecule has 0 unspecified atom stereocenters. The zero-order chi connectivity index (χ0) is 20.9. The monoisotopic (exact) mass is 408 g/mol. The Morgan fingerprint density at radius 2 is 2.00 bits per heavy atom. The summed E-state index contributed by atoms with van der Waals surface area (Å²) in [5, 5.41) is 5.80. The van der Waals surface area contributed by atoms with Crippen LogP contribution in [0, 0.1) is 5.92 Å². The van der Waals surface area contributed by atoms with Crippen LogP contribution in [0.1, 0.15) is 12.8 Å². The number of imidazole rings is 1. The second kappa shape index (κ2) is 9.06. The average Bonchev–Trinajstić information content (AvgIpc) is 3.51.